The molecular weight excluding hydrogens is 445 g/mol. The van der Waals surface area contributed by atoms with Gasteiger partial charge in [0.15, 0.2) is 0 Å². The number of fused-ring (bicyclic) bond motifs is 3. The number of nitrogens with zero attached hydrogens (tertiary/aromatic N) is 3. The molecule has 4 heterocycles. The van der Waals surface area contributed by atoms with Crippen molar-refractivity contribution in [3.05, 3.63) is 51.6 Å². The van der Waals surface area contributed by atoms with E-state index < -0.39 is 18.8 Å². The van der Waals surface area contributed by atoms with Crippen molar-refractivity contribution in [1.29, 1.82) is 0 Å². The van der Waals surface area contributed by atoms with Crippen molar-refractivity contribution >= 4 is 22.2 Å². The largest absolute Gasteiger partial charge is 0.401 e. The normalized spacial score (nSPS) is 24.6. The van der Waals surface area contributed by atoms with Gasteiger partial charge in [-0.2, -0.15) is 13.2 Å². The number of rotatable bonds is 6. The molecule has 1 saturated heterocycles. The van der Waals surface area contributed by atoms with Gasteiger partial charge in [0.2, 0.25) is 0 Å². The zero-order valence-corrected chi connectivity index (χ0v) is 20.0. The van der Waals surface area contributed by atoms with E-state index in [1.165, 1.54) is 6.42 Å². The molecule has 33 heavy (non-hydrogen) atoms. The summed E-state index contributed by atoms with van der Waals surface area (Å²) in [7, 11) is 0. The smallest absolute Gasteiger partial charge is 0.357 e. The van der Waals surface area contributed by atoms with Crippen molar-refractivity contribution in [3.63, 3.8) is 0 Å². The molecule has 1 N–H and O–H groups in total. The lowest BCUT2D eigenvalue weighted by Gasteiger charge is -2.40. The van der Waals surface area contributed by atoms with Gasteiger partial charge in [0.25, 0.3) is 0 Å². The van der Waals surface area contributed by atoms with Crippen LogP contribution in [0, 0.1) is 5.92 Å². The zero-order valence-electron chi connectivity index (χ0n) is 19.2. The molecule has 1 aromatic carbocycles. The maximum absolute atomic E-state index is 13.6. The summed E-state index contributed by atoms with van der Waals surface area (Å²) in [4.78, 5) is 13.2. The lowest BCUT2D eigenvalue weighted by atomic mass is 9.91. The lowest BCUT2D eigenvalue weighted by molar-refractivity contribution is -0.155. The van der Waals surface area contributed by atoms with Crippen LogP contribution in [-0.4, -0.2) is 58.2 Å². The molecule has 0 spiro atoms. The van der Waals surface area contributed by atoms with E-state index in [0.717, 1.165) is 64.5 Å². The summed E-state index contributed by atoms with van der Waals surface area (Å²) in [5.41, 5.74) is 3.02. The highest BCUT2D eigenvalue weighted by molar-refractivity contribution is 7.11. The summed E-state index contributed by atoms with van der Waals surface area (Å²) in [5.74, 6) is 0.579. The molecule has 0 aliphatic carbocycles. The molecule has 0 bridgehead atoms. The van der Waals surface area contributed by atoms with Gasteiger partial charge < -0.3 is 9.88 Å². The number of thiazole rings is 1. The Hall–Kier alpha value is -1.90. The number of aromatic nitrogens is 2. The molecule has 3 aromatic rings. The van der Waals surface area contributed by atoms with Gasteiger partial charge in [-0.25, -0.2) is 4.98 Å². The van der Waals surface area contributed by atoms with Gasteiger partial charge in [-0.05, 0) is 56.8 Å². The van der Waals surface area contributed by atoms with Crippen molar-refractivity contribution in [2.45, 2.75) is 57.8 Å². The van der Waals surface area contributed by atoms with Crippen molar-refractivity contribution < 1.29 is 13.2 Å². The Bertz CT molecular complexity index is 1100. The molecule has 0 saturated carbocycles. The minimum atomic E-state index is -4.25. The highest BCUT2D eigenvalue weighted by atomic mass is 32.1. The van der Waals surface area contributed by atoms with Crippen LogP contribution in [0.3, 0.4) is 0 Å². The quantitative estimate of drug-likeness (QED) is 0.489. The first kappa shape index (κ1) is 22.9. The topological polar surface area (TPSA) is 35.2 Å². The number of aromatic amines is 1. The van der Waals surface area contributed by atoms with E-state index in [0.29, 0.717) is 12.3 Å². The summed E-state index contributed by atoms with van der Waals surface area (Å²) in [5, 5.41) is 2.15. The van der Waals surface area contributed by atoms with E-state index in [1.54, 1.807) is 16.2 Å². The molecular formula is C25H31F3N4S. The molecule has 1 fully saturated rings. The number of para-hydroxylation sites is 1. The van der Waals surface area contributed by atoms with Crippen molar-refractivity contribution in [2.75, 3.05) is 26.2 Å². The van der Waals surface area contributed by atoms with E-state index in [1.807, 2.05) is 31.3 Å². The van der Waals surface area contributed by atoms with E-state index >= 15 is 0 Å². The third kappa shape index (κ3) is 4.70. The Labute approximate surface area is 196 Å². The van der Waals surface area contributed by atoms with Gasteiger partial charge in [-0.15, -0.1) is 11.3 Å². The number of H-pyrrole nitrogens is 1. The fourth-order valence-corrected chi connectivity index (χ4v) is 6.82. The van der Waals surface area contributed by atoms with Crippen LogP contribution in [-0.2, 0) is 12.8 Å². The maximum Gasteiger partial charge on any atom is 0.401 e. The average Bonchev–Trinajstić information content (AvgIpc) is 3.48. The predicted molar refractivity (Wildman–Crippen MR) is 127 cm³/mol. The second-order valence-electron chi connectivity index (χ2n) is 9.62. The van der Waals surface area contributed by atoms with Crippen LogP contribution in [0.15, 0.2) is 30.5 Å². The summed E-state index contributed by atoms with van der Waals surface area (Å²) < 4.78 is 40.8. The molecule has 3 atom stereocenters. The number of hydrogen-bond donors (Lipinski definition) is 1. The zero-order chi connectivity index (χ0) is 23.2. The highest BCUT2D eigenvalue weighted by Gasteiger charge is 2.42. The number of halogens is 3. The first-order valence-electron chi connectivity index (χ1n) is 11.9. The average molecular weight is 477 g/mol. The molecule has 2 aliphatic rings. The molecule has 178 valence electrons. The Morgan fingerprint density at radius 2 is 2.06 bits per heavy atom. The molecule has 0 unspecified atom stereocenters. The number of alkyl halides is 3. The number of benzene rings is 1. The maximum atomic E-state index is 13.6. The molecule has 8 heteroatoms. The number of hydrogen-bond acceptors (Lipinski definition) is 4. The lowest BCUT2D eigenvalue weighted by Crippen LogP contribution is -2.46. The van der Waals surface area contributed by atoms with Crippen LogP contribution < -0.4 is 0 Å². The van der Waals surface area contributed by atoms with Gasteiger partial charge in [-0.3, -0.25) is 4.90 Å². The Balaban J connectivity index is 1.47. The summed E-state index contributed by atoms with van der Waals surface area (Å²) >= 11 is 1.59. The van der Waals surface area contributed by atoms with Crippen LogP contribution in [0.2, 0.25) is 0 Å². The van der Waals surface area contributed by atoms with Gasteiger partial charge in [0.1, 0.15) is 0 Å². The van der Waals surface area contributed by atoms with E-state index in [9.17, 15) is 13.2 Å². The monoisotopic (exact) mass is 476 g/mol. The van der Waals surface area contributed by atoms with Gasteiger partial charge in [0, 0.05) is 46.7 Å². The highest BCUT2D eigenvalue weighted by Crippen LogP contribution is 2.43. The van der Waals surface area contributed by atoms with Crippen LogP contribution in [0.5, 0.6) is 0 Å². The Morgan fingerprint density at radius 3 is 2.85 bits per heavy atom. The first-order chi connectivity index (χ1) is 15.8. The fraction of sp³-hybridized carbons (Fsp3) is 0.560. The van der Waals surface area contributed by atoms with E-state index in [2.05, 4.69) is 27.9 Å². The van der Waals surface area contributed by atoms with Gasteiger partial charge in [-0.1, -0.05) is 25.1 Å². The summed E-state index contributed by atoms with van der Waals surface area (Å²) in [6.45, 7) is 6.55. The van der Waals surface area contributed by atoms with Crippen molar-refractivity contribution in [1.82, 2.24) is 19.8 Å². The second kappa shape index (κ2) is 9.04. The predicted octanol–water partition coefficient (Wildman–Crippen LogP) is 5.80. The molecule has 5 rings (SSSR count). The third-order valence-corrected chi connectivity index (χ3v) is 8.17. The number of nitrogens with one attached hydrogen (secondary N) is 1. The molecule has 2 aliphatic heterocycles. The first-order valence-corrected chi connectivity index (χ1v) is 12.7. The Morgan fingerprint density at radius 1 is 1.24 bits per heavy atom. The van der Waals surface area contributed by atoms with Crippen LogP contribution in [0.1, 0.15) is 53.9 Å². The summed E-state index contributed by atoms with van der Waals surface area (Å²) in [6.07, 6.45) is 1.41. The van der Waals surface area contributed by atoms with Crippen LogP contribution in [0.25, 0.3) is 10.9 Å². The van der Waals surface area contributed by atoms with Gasteiger partial charge >= 0.3 is 6.18 Å². The molecule has 4 nitrogen and oxygen atoms in total. The van der Waals surface area contributed by atoms with Crippen LogP contribution >= 0.6 is 11.3 Å². The SMILES string of the molecule is CCCN1CC[C@@H](Cc2ncc([C@@H]3c4[nH]c5ccccc5c4C[C@@H](C)N3CC(F)(F)F)s2)C1. The summed E-state index contributed by atoms with van der Waals surface area (Å²) in [6, 6.07) is 7.35. The number of likely N-dealkylation sites (tertiary alicyclic amines) is 1. The fourth-order valence-electron chi connectivity index (χ4n) is 5.66. The van der Waals surface area contributed by atoms with Crippen molar-refractivity contribution in [2.24, 2.45) is 5.92 Å². The van der Waals surface area contributed by atoms with E-state index in [4.69, 9.17) is 0 Å². The second-order valence-corrected chi connectivity index (χ2v) is 10.8. The third-order valence-electron chi connectivity index (χ3n) is 7.09. The molecule has 2 aromatic heterocycles. The van der Waals surface area contributed by atoms with Crippen molar-refractivity contribution in [3.8, 4) is 0 Å². The minimum absolute atomic E-state index is 0.216. The minimum Gasteiger partial charge on any atom is -0.357 e. The van der Waals surface area contributed by atoms with Crippen LogP contribution in [0.4, 0.5) is 13.2 Å². The standard InChI is InChI=1S/C25H31F3N4S/c1-3-9-31-10-8-17(14-31)12-22-29-13-21(33-22)24-23-19(18-6-4-5-7-20(18)30-23)11-16(2)32(24)15-25(26,27)28/h4-7,13,16-17,24,30H,3,8-12,14-15H2,1-2H3/t16-,17+,24-/m1/s1. The van der Waals surface area contributed by atoms with E-state index in [-0.39, 0.29) is 6.04 Å². The molecule has 0 radical (unpaired) electrons. The Kier molecular flexibility index (Phi) is 6.27. The molecule has 0 amide bonds. The van der Waals surface area contributed by atoms with Gasteiger partial charge in [0.05, 0.1) is 17.6 Å².